The van der Waals surface area contributed by atoms with Crippen LogP contribution >= 0.6 is 0 Å². The van der Waals surface area contributed by atoms with Crippen molar-refractivity contribution in [2.75, 3.05) is 23.7 Å². The van der Waals surface area contributed by atoms with E-state index in [1.165, 1.54) is 16.8 Å². The van der Waals surface area contributed by atoms with Crippen molar-refractivity contribution in [3.05, 3.63) is 59.7 Å². The van der Waals surface area contributed by atoms with Crippen molar-refractivity contribution in [2.45, 2.75) is 26.7 Å². The molecule has 0 radical (unpaired) electrons. The number of anilines is 2. The summed E-state index contributed by atoms with van der Waals surface area (Å²) in [6.07, 6.45) is 2.22. The van der Waals surface area contributed by atoms with Crippen LogP contribution in [0.1, 0.15) is 24.5 Å². The minimum Gasteiger partial charge on any atom is -0.399 e. The Hall–Kier alpha value is -1.96. The van der Waals surface area contributed by atoms with Gasteiger partial charge < -0.3 is 10.6 Å². The number of hydrogen-bond donors (Lipinski definition) is 1. The number of nitrogens with zero attached hydrogens (tertiary/aromatic N) is 1. The van der Waals surface area contributed by atoms with E-state index < -0.39 is 0 Å². The van der Waals surface area contributed by atoms with Gasteiger partial charge in [-0.05, 0) is 56.0 Å². The molecule has 2 rings (SSSR count). The molecule has 0 aromatic heterocycles. The summed E-state index contributed by atoms with van der Waals surface area (Å²) in [6, 6.07) is 16.8. The molecule has 0 fully saturated rings. The fourth-order valence-electron chi connectivity index (χ4n) is 2.59. The summed E-state index contributed by atoms with van der Waals surface area (Å²) in [5.74, 6) is 0. The molecule has 2 aromatic rings. The summed E-state index contributed by atoms with van der Waals surface area (Å²) in [5, 5.41) is 0. The van der Waals surface area contributed by atoms with Gasteiger partial charge in [0.2, 0.25) is 0 Å². The summed E-state index contributed by atoms with van der Waals surface area (Å²) in [5.41, 5.74) is 10.7. The number of para-hydroxylation sites is 1. The van der Waals surface area contributed by atoms with Crippen molar-refractivity contribution in [1.82, 2.24) is 0 Å². The zero-order chi connectivity index (χ0) is 14.4. The minimum atomic E-state index is 0.855. The third-order valence-electron chi connectivity index (χ3n) is 3.68. The van der Waals surface area contributed by atoms with E-state index in [0.29, 0.717) is 0 Å². The number of hydrogen-bond acceptors (Lipinski definition) is 2. The lowest BCUT2D eigenvalue weighted by Gasteiger charge is -2.25. The molecule has 0 aliphatic rings. The lowest BCUT2D eigenvalue weighted by molar-refractivity contribution is 0.744. The van der Waals surface area contributed by atoms with E-state index in [1.807, 2.05) is 12.1 Å². The Morgan fingerprint density at radius 3 is 2.55 bits per heavy atom. The molecule has 0 aliphatic carbocycles. The second-order valence-electron chi connectivity index (χ2n) is 5.21. The Kier molecular flexibility index (Phi) is 5.05. The molecule has 0 saturated heterocycles. The van der Waals surface area contributed by atoms with Gasteiger partial charge in [-0.3, -0.25) is 0 Å². The first-order valence-corrected chi connectivity index (χ1v) is 7.35. The van der Waals surface area contributed by atoms with Crippen LogP contribution in [0.5, 0.6) is 0 Å². The number of benzene rings is 2. The topological polar surface area (TPSA) is 29.3 Å². The molecule has 0 amide bonds. The Labute approximate surface area is 122 Å². The average Bonchev–Trinajstić information content (AvgIpc) is 2.45. The normalized spacial score (nSPS) is 10.5. The maximum absolute atomic E-state index is 5.82. The zero-order valence-electron chi connectivity index (χ0n) is 12.5. The number of nitrogen functional groups attached to an aromatic ring is 1. The Bertz CT molecular complexity index is 549. The molecule has 2 heteroatoms. The molecule has 106 valence electrons. The fourth-order valence-corrected chi connectivity index (χ4v) is 2.59. The van der Waals surface area contributed by atoms with Gasteiger partial charge in [0.15, 0.2) is 0 Å². The van der Waals surface area contributed by atoms with Gasteiger partial charge in [-0.2, -0.15) is 0 Å². The largest absolute Gasteiger partial charge is 0.399 e. The second-order valence-corrected chi connectivity index (χ2v) is 5.21. The zero-order valence-corrected chi connectivity index (χ0v) is 12.5. The van der Waals surface area contributed by atoms with Crippen molar-refractivity contribution < 1.29 is 0 Å². The molecule has 20 heavy (non-hydrogen) atoms. The van der Waals surface area contributed by atoms with Gasteiger partial charge >= 0.3 is 0 Å². The van der Waals surface area contributed by atoms with Gasteiger partial charge in [0, 0.05) is 24.5 Å². The van der Waals surface area contributed by atoms with Crippen LogP contribution in [0.15, 0.2) is 48.5 Å². The molecule has 0 unspecified atom stereocenters. The molecule has 2 N–H and O–H groups in total. The highest BCUT2D eigenvalue weighted by molar-refractivity contribution is 5.52. The molecule has 0 heterocycles. The summed E-state index contributed by atoms with van der Waals surface area (Å²) >= 11 is 0. The van der Waals surface area contributed by atoms with Crippen LogP contribution in [0, 0.1) is 6.92 Å². The van der Waals surface area contributed by atoms with Gasteiger partial charge in [-0.15, -0.1) is 0 Å². The number of aryl methyl sites for hydroxylation is 2. The van der Waals surface area contributed by atoms with E-state index in [2.05, 4.69) is 55.1 Å². The monoisotopic (exact) mass is 268 g/mol. The van der Waals surface area contributed by atoms with E-state index in [4.69, 9.17) is 5.73 Å². The highest BCUT2D eigenvalue weighted by Crippen LogP contribution is 2.19. The van der Waals surface area contributed by atoms with Crippen LogP contribution in [0.25, 0.3) is 0 Å². The highest BCUT2D eigenvalue weighted by Gasteiger charge is 2.06. The Morgan fingerprint density at radius 1 is 1.05 bits per heavy atom. The molecule has 0 aliphatic heterocycles. The van der Waals surface area contributed by atoms with E-state index in [9.17, 15) is 0 Å². The van der Waals surface area contributed by atoms with Crippen LogP contribution in [-0.2, 0) is 6.42 Å². The highest BCUT2D eigenvalue weighted by atomic mass is 15.1. The molecule has 0 saturated carbocycles. The van der Waals surface area contributed by atoms with Crippen molar-refractivity contribution >= 4 is 11.4 Å². The van der Waals surface area contributed by atoms with Crippen LogP contribution in [0.2, 0.25) is 0 Å². The molecule has 2 nitrogen and oxygen atoms in total. The van der Waals surface area contributed by atoms with Gasteiger partial charge in [-0.25, -0.2) is 0 Å². The maximum atomic E-state index is 5.82. The first-order chi connectivity index (χ1) is 9.70. The fraction of sp³-hybridized carbons (Fsp3) is 0.333. The Morgan fingerprint density at radius 2 is 1.85 bits per heavy atom. The summed E-state index contributed by atoms with van der Waals surface area (Å²) in [7, 11) is 0. The van der Waals surface area contributed by atoms with Gasteiger partial charge in [0.05, 0.1) is 0 Å². The summed E-state index contributed by atoms with van der Waals surface area (Å²) in [4.78, 5) is 2.45. The molecule has 0 bridgehead atoms. The smallest absolute Gasteiger partial charge is 0.0395 e. The Balaban J connectivity index is 1.93. The molecular weight excluding hydrogens is 244 g/mol. The van der Waals surface area contributed by atoms with E-state index in [0.717, 1.165) is 31.6 Å². The van der Waals surface area contributed by atoms with Gasteiger partial charge in [0.1, 0.15) is 0 Å². The van der Waals surface area contributed by atoms with Crippen LogP contribution in [-0.4, -0.2) is 13.1 Å². The quantitative estimate of drug-likeness (QED) is 0.801. The minimum absolute atomic E-state index is 0.855. The number of nitrogens with two attached hydrogens (primary N) is 1. The van der Waals surface area contributed by atoms with Crippen molar-refractivity contribution in [1.29, 1.82) is 0 Å². The summed E-state index contributed by atoms with van der Waals surface area (Å²) < 4.78 is 0. The third kappa shape index (κ3) is 3.77. The predicted molar refractivity (Wildman–Crippen MR) is 88.2 cm³/mol. The first-order valence-electron chi connectivity index (χ1n) is 7.35. The van der Waals surface area contributed by atoms with Crippen molar-refractivity contribution in [2.24, 2.45) is 0 Å². The van der Waals surface area contributed by atoms with Crippen molar-refractivity contribution in [3.8, 4) is 0 Å². The van der Waals surface area contributed by atoms with Gasteiger partial charge in [0.25, 0.3) is 0 Å². The molecule has 0 spiro atoms. The maximum Gasteiger partial charge on any atom is 0.0395 e. The molecule has 0 atom stereocenters. The van der Waals surface area contributed by atoms with E-state index >= 15 is 0 Å². The van der Waals surface area contributed by atoms with Crippen molar-refractivity contribution in [3.63, 3.8) is 0 Å². The lowest BCUT2D eigenvalue weighted by Crippen LogP contribution is -2.25. The van der Waals surface area contributed by atoms with E-state index in [1.54, 1.807) is 0 Å². The standard InChI is InChI=1S/C18H24N2/c1-3-20(18-12-5-4-8-15(18)2)13-7-10-16-9-6-11-17(19)14-16/h4-6,8-9,11-12,14H,3,7,10,13,19H2,1-2H3. The number of rotatable bonds is 6. The van der Waals surface area contributed by atoms with E-state index in [-0.39, 0.29) is 0 Å². The van der Waals surface area contributed by atoms with Crippen LogP contribution in [0.3, 0.4) is 0 Å². The summed E-state index contributed by atoms with van der Waals surface area (Å²) in [6.45, 7) is 6.51. The van der Waals surface area contributed by atoms with Gasteiger partial charge in [-0.1, -0.05) is 30.3 Å². The van der Waals surface area contributed by atoms with Crippen LogP contribution < -0.4 is 10.6 Å². The predicted octanol–water partition coefficient (Wildman–Crippen LogP) is 4.04. The molecular formula is C18H24N2. The second kappa shape index (κ2) is 6.99. The SMILES string of the molecule is CCN(CCCc1cccc(N)c1)c1ccccc1C. The third-order valence-corrected chi connectivity index (χ3v) is 3.68. The van der Waals surface area contributed by atoms with Crippen LogP contribution in [0.4, 0.5) is 11.4 Å². The lowest BCUT2D eigenvalue weighted by atomic mass is 10.1. The average molecular weight is 268 g/mol. The first kappa shape index (κ1) is 14.4. The molecule has 2 aromatic carbocycles.